The zero-order valence-electron chi connectivity index (χ0n) is 16.6. The maximum Gasteiger partial charge on any atom is 0.256 e. The molecule has 3 fully saturated rings. The van der Waals surface area contributed by atoms with E-state index in [-0.39, 0.29) is 5.91 Å². The molecular formula is C22H33N3O2. The molecule has 5 heteroatoms. The van der Waals surface area contributed by atoms with E-state index in [0.717, 1.165) is 50.6 Å². The molecule has 148 valence electrons. The summed E-state index contributed by atoms with van der Waals surface area (Å²) in [7, 11) is 0. The van der Waals surface area contributed by atoms with Crippen molar-refractivity contribution in [1.82, 2.24) is 14.7 Å². The van der Waals surface area contributed by atoms with Crippen LogP contribution in [-0.2, 0) is 11.3 Å². The van der Waals surface area contributed by atoms with Crippen molar-refractivity contribution in [3.05, 3.63) is 35.4 Å². The number of hydrogen-bond donors (Lipinski definition) is 1. The van der Waals surface area contributed by atoms with E-state index in [4.69, 9.17) is 0 Å². The van der Waals surface area contributed by atoms with Gasteiger partial charge in [-0.15, -0.1) is 0 Å². The van der Waals surface area contributed by atoms with E-state index in [1.54, 1.807) is 0 Å². The van der Waals surface area contributed by atoms with Crippen LogP contribution in [0.5, 0.6) is 0 Å². The Kier molecular flexibility index (Phi) is 5.53. The average molecular weight is 372 g/mol. The lowest BCUT2D eigenvalue weighted by atomic mass is 9.90. The highest BCUT2D eigenvalue weighted by Crippen LogP contribution is 2.30. The highest BCUT2D eigenvalue weighted by molar-refractivity contribution is 5.86. The van der Waals surface area contributed by atoms with Crippen LogP contribution >= 0.6 is 0 Å². The number of piperazine rings is 1. The third-order valence-corrected chi connectivity index (χ3v) is 6.32. The van der Waals surface area contributed by atoms with Gasteiger partial charge in [-0.25, -0.2) is 0 Å². The van der Waals surface area contributed by atoms with Crippen LogP contribution in [0.25, 0.3) is 0 Å². The maximum absolute atomic E-state index is 13.1. The number of benzene rings is 1. The molecule has 1 atom stereocenters. The number of aliphatic hydroxyl groups is 1. The molecule has 1 saturated carbocycles. The van der Waals surface area contributed by atoms with Crippen molar-refractivity contribution in [2.45, 2.75) is 44.8 Å². The maximum atomic E-state index is 13.1. The average Bonchev–Trinajstić information content (AvgIpc) is 3.45. The molecule has 2 saturated heterocycles. The van der Waals surface area contributed by atoms with Gasteiger partial charge in [0, 0.05) is 52.4 Å². The fourth-order valence-electron chi connectivity index (χ4n) is 4.56. The lowest BCUT2D eigenvalue weighted by Gasteiger charge is -2.43. The topological polar surface area (TPSA) is 47.0 Å². The molecule has 2 aliphatic heterocycles. The molecule has 1 aromatic carbocycles. The zero-order valence-corrected chi connectivity index (χ0v) is 16.6. The van der Waals surface area contributed by atoms with Gasteiger partial charge in [0.15, 0.2) is 5.60 Å². The van der Waals surface area contributed by atoms with Crippen molar-refractivity contribution < 1.29 is 9.90 Å². The number of piperidine rings is 1. The molecule has 0 spiro atoms. The number of carbonyl (C=O) groups is 1. The van der Waals surface area contributed by atoms with E-state index in [9.17, 15) is 9.90 Å². The summed E-state index contributed by atoms with van der Waals surface area (Å²) in [5.74, 6) is 0.839. The number of β-amino-alcohol motifs (C(OH)–C–C–N with tert-alkyl or cyclic N) is 1. The first kappa shape index (κ1) is 18.9. The van der Waals surface area contributed by atoms with Gasteiger partial charge in [-0.1, -0.05) is 29.8 Å². The summed E-state index contributed by atoms with van der Waals surface area (Å²) >= 11 is 0. The summed E-state index contributed by atoms with van der Waals surface area (Å²) in [6.07, 6.45) is 4.24. The summed E-state index contributed by atoms with van der Waals surface area (Å²) in [4.78, 5) is 19.8. The Labute approximate surface area is 162 Å². The van der Waals surface area contributed by atoms with Gasteiger partial charge in [-0.05, 0) is 44.1 Å². The van der Waals surface area contributed by atoms with Crippen molar-refractivity contribution in [2.75, 3.05) is 45.8 Å². The van der Waals surface area contributed by atoms with Crippen LogP contribution in [0.15, 0.2) is 24.3 Å². The lowest BCUT2D eigenvalue weighted by Crippen LogP contribution is -2.60. The minimum absolute atomic E-state index is 0.0873. The SMILES string of the molecule is Cc1cccc(CN2CCCC(O)(CN3CCN(CC4CC4)CC3)C2=O)c1. The first-order chi connectivity index (χ1) is 13.0. The molecule has 3 aliphatic rings. The van der Waals surface area contributed by atoms with Crippen LogP contribution in [0.1, 0.15) is 36.8 Å². The molecule has 0 radical (unpaired) electrons. The normalized spacial score (nSPS) is 27.9. The molecule has 1 unspecified atom stereocenters. The first-order valence-electron chi connectivity index (χ1n) is 10.5. The Morgan fingerprint density at radius 2 is 1.85 bits per heavy atom. The molecule has 4 rings (SSSR count). The molecule has 1 amide bonds. The molecule has 1 aromatic rings. The van der Waals surface area contributed by atoms with Gasteiger partial charge in [0.25, 0.3) is 5.91 Å². The van der Waals surface area contributed by atoms with Crippen molar-refractivity contribution in [1.29, 1.82) is 0 Å². The standard InChI is InChI=1S/C22H33N3O2/c1-18-4-2-5-20(14-18)16-25-9-3-8-22(27,21(25)26)17-24-12-10-23(11-13-24)15-19-6-7-19/h2,4-5,14,19,27H,3,6-13,15-17H2,1H3. The van der Waals surface area contributed by atoms with Gasteiger partial charge in [-0.3, -0.25) is 9.69 Å². The highest BCUT2D eigenvalue weighted by Gasteiger charge is 2.43. The van der Waals surface area contributed by atoms with Crippen molar-refractivity contribution in [3.63, 3.8) is 0 Å². The van der Waals surface area contributed by atoms with Gasteiger partial charge in [0.1, 0.15) is 0 Å². The molecule has 2 heterocycles. The molecule has 1 aliphatic carbocycles. The summed E-state index contributed by atoms with van der Waals surface area (Å²) in [5, 5.41) is 11.2. The Hall–Kier alpha value is -1.43. The van der Waals surface area contributed by atoms with Crippen molar-refractivity contribution in [2.24, 2.45) is 5.92 Å². The van der Waals surface area contributed by atoms with Crippen LogP contribution < -0.4 is 0 Å². The second kappa shape index (κ2) is 7.90. The van der Waals surface area contributed by atoms with Crippen molar-refractivity contribution >= 4 is 5.91 Å². The van der Waals surface area contributed by atoms with E-state index in [2.05, 4.69) is 34.9 Å². The zero-order chi connectivity index (χ0) is 18.9. The third kappa shape index (κ3) is 4.71. The molecule has 1 N–H and O–H groups in total. The predicted octanol–water partition coefficient (Wildman–Crippen LogP) is 1.88. The molecular weight excluding hydrogens is 338 g/mol. The summed E-state index contributed by atoms with van der Waals surface area (Å²) in [5.41, 5.74) is 1.12. The fraction of sp³-hybridized carbons (Fsp3) is 0.682. The number of carbonyl (C=O) groups excluding carboxylic acids is 1. The number of aryl methyl sites for hydroxylation is 1. The van der Waals surface area contributed by atoms with Gasteiger partial charge < -0.3 is 14.9 Å². The number of hydrogen-bond acceptors (Lipinski definition) is 4. The minimum atomic E-state index is -1.22. The minimum Gasteiger partial charge on any atom is -0.379 e. The molecule has 0 bridgehead atoms. The van der Waals surface area contributed by atoms with Crippen LogP contribution in [0, 0.1) is 12.8 Å². The number of amides is 1. The molecule has 27 heavy (non-hydrogen) atoms. The molecule has 0 aromatic heterocycles. The van der Waals surface area contributed by atoms with E-state index in [1.165, 1.54) is 24.9 Å². The quantitative estimate of drug-likeness (QED) is 0.829. The van der Waals surface area contributed by atoms with Crippen LogP contribution in [0.2, 0.25) is 0 Å². The van der Waals surface area contributed by atoms with E-state index in [1.807, 2.05) is 11.0 Å². The number of likely N-dealkylation sites (tertiary alicyclic amines) is 1. The Morgan fingerprint density at radius 1 is 1.11 bits per heavy atom. The second-order valence-corrected chi connectivity index (χ2v) is 8.87. The fourth-order valence-corrected chi connectivity index (χ4v) is 4.56. The van der Waals surface area contributed by atoms with Crippen LogP contribution in [-0.4, -0.2) is 77.1 Å². The molecule has 5 nitrogen and oxygen atoms in total. The second-order valence-electron chi connectivity index (χ2n) is 8.87. The Balaban J connectivity index is 1.33. The largest absolute Gasteiger partial charge is 0.379 e. The first-order valence-corrected chi connectivity index (χ1v) is 10.5. The number of nitrogens with zero attached hydrogens (tertiary/aromatic N) is 3. The van der Waals surface area contributed by atoms with Crippen LogP contribution in [0.3, 0.4) is 0 Å². The smallest absolute Gasteiger partial charge is 0.256 e. The van der Waals surface area contributed by atoms with Gasteiger partial charge in [0.05, 0.1) is 0 Å². The highest BCUT2D eigenvalue weighted by atomic mass is 16.3. The van der Waals surface area contributed by atoms with E-state index >= 15 is 0 Å². The monoisotopic (exact) mass is 371 g/mol. The summed E-state index contributed by atoms with van der Waals surface area (Å²) < 4.78 is 0. The number of rotatable bonds is 6. The predicted molar refractivity (Wildman–Crippen MR) is 106 cm³/mol. The summed E-state index contributed by atoms with van der Waals surface area (Å²) in [6.45, 7) is 9.17. The van der Waals surface area contributed by atoms with Gasteiger partial charge >= 0.3 is 0 Å². The van der Waals surface area contributed by atoms with Crippen LogP contribution in [0.4, 0.5) is 0 Å². The Morgan fingerprint density at radius 3 is 2.56 bits per heavy atom. The lowest BCUT2D eigenvalue weighted by molar-refractivity contribution is -0.160. The Bertz CT molecular complexity index is 667. The third-order valence-electron chi connectivity index (χ3n) is 6.32. The van der Waals surface area contributed by atoms with E-state index in [0.29, 0.717) is 19.5 Å². The van der Waals surface area contributed by atoms with E-state index < -0.39 is 5.60 Å². The summed E-state index contributed by atoms with van der Waals surface area (Å²) in [6, 6.07) is 8.29. The van der Waals surface area contributed by atoms with Gasteiger partial charge in [-0.2, -0.15) is 0 Å². The van der Waals surface area contributed by atoms with Gasteiger partial charge in [0.2, 0.25) is 0 Å². The van der Waals surface area contributed by atoms with Crippen molar-refractivity contribution in [3.8, 4) is 0 Å².